The van der Waals surface area contributed by atoms with E-state index in [9.17, 15) is 72.9 Å². The number of aliphatic imine (C=N–C) groups is 1. The van der Waals surface area contributed by atoms with Gasteiger partial charge < -0.3 is 96.0 Å². The monoisotopic (exact) mass is 1160 g/mol. The Morgan fingerprint density at radius 2 is 1.06 bits per heavy atom. The summed E-state index contributed by atoms with van der Waals surface area (Å²) < 4.78 is 0. The molecule has 1 aromatic rings. The van der Waals surface area contributed by atoms with E-state index < -0.39 is 162 Å². The molecule has 0 unspecified atom stereocenters. The number of carbonyl (C=O) groups is 12. The van der Waals surface area contributed by atoms with Crippen LogP contribution >= 0.6 is 11.8 Å². The van der Waals surface area contributed by atoms with Gasteiger partial charge >= 0.3 is 5.97 Å². The zero-order valence-electron chi connectivity index (χ0n) is 46.3. The van der Waals surface area contributed by atoms with E-state index in [-0.39, 0.29) is 44.7 Å². The van der Waals surface area contributed by atoms with Crippen LogP contribution in [0.15, 0.2) is 17.5 Å². The van der Waals surface area contributed by atoms with Crippen LogP contribution in [-0.4, -0.2) is 207 Å². The van der Waals surface area contributed by atoms with Crippen molar-refractivity contribution in [3.63, 3.8) is 0 Å². The zero-order chi connectivity index (χ0) is 61.0. The molecule has 0 aliphatic heterocycles. The molecule has 0 aliphatic rings. The van der Waals surface area contributed by atoms with Gasteiger partial charge in [-0.1, -0.05) is 27.7 Å². The molecule has 11 amide bonds. The Labute approximate surface area is 466 Å². The molecule has 0 bridgehead atoms. The molecular formula is C47H81N17O15S. The highest BCUT2D eigenvalue weighted by atomic mass is 32.2. The molecule has 21 N–H and O–H groups in total. The fourth-order valence-corrected chi connectivity index (χ4v) is 7.49. The zero-order valence-corrected chi connectivity index (χ0v) is 47.1. The number of nitrogens with one attached hydrogen (secondary N) is 12. The Bertz CT molecular complexity index is 2300. The third kappa shape index (κ3) is 25.4. The summed E-state index contributed by atoms with van der Waals surface area (Å²) in [6.07, 6.45) is 2.77. The molecule has 450 valence electrons. The number of hydrogen-bond donors (Lipinski definition) is 18. The van der Waals surface area contributed by atoms with E-state index in [4.69, 9.17) is 17.2 Å². The lowest BCUT2D eigenvalue weighted by Crippen LogP contribution is -2.62. The van der Waals surface area contributed by atoms with Crippen LogP contribution in [0.5, 0.6) is 0 Å². The van der Waals surface area contributed by atoms with E-state index in [1.54, 1.807) is 34.0 Å². The summed E-state index contributed by atoms with van der Waals surface area (Å²) >= 11 is 1.34. The highest BCUT2D eigenvalue weighted by Crippen LogP contribution is 2.10. The highest BCUT2D eigenvalue weighted by molar-refractivity contribution is 7.98. The smallest absolute Gasteiger partial charge is 0.326 e. The van der Waals surface area contributed by atoms with Crippen molar-refractivity contribution in [1.29, 1.82) is 0 Å². The molecule has 33 heteroatoms. The normalized spacial score (nSPS) is 15.2. The number of hydrogen-bond acceptors (Lipinski definition) is 18. The first-order chi connectivity index (χ1) is 37.5. The van der Waals surface area contributed by atoms with Gasteiger partial charge in [-0.3, -0.25) is 57.7 Å². The lowest BCUT2D eigenvalue weighted by atomic mass is 9.99. The number of carbonyl (C=O) groups excluding carboxylic acids is 11. The van der Waals surface area contributed by atoms with Crippen molar-refractivity contribution in [1.82, 2.24) is 68.5 Å². The number of aliphatic carboxylic acids is 1. The molecule has 1 rings (SSSR count). The van der Waals surface area contributed by atoms with Gasteiger partial charge in [-0.25, -0.2) is 9.78 Å². The topological polar surface area (TPSA) is 517 Å². The lowest BCUT2D eigenvalue weighted by Gasteiger charge is -2.29. The van der Waals surface area contributed by atoms with Crippen LogP contribution in [0.2, 0.25) is 0 Å². The summed E-state index contributed by atoms with van der Waals surface area (Å²) in [5.41, 5.74) is 16.1. The van der Waals surface area contributed by atoms with Crippen LogP contribution in [0.25, 0.3) is 0 Å². The molecule has 0 fully saturated rings. The number of aromatic nitrogens is 2. The Balaban J connectivity index is 3.09. The number of thioether (sulfide) groups is 1. The van der Waals surface area contributed by atoms with Gasteiger partial charge in [0.1, 0.15) is 60.4 Å². The highest BCUT2D eigenvalue weighted by Gasteiger charge is 2.36. The fourth-order valence-electron chi connectivity index (χ4n) is 7.01. The van der Waals surface area contributed by atoms with Crippen LogP contribution < -0.4 is 75.7 Å². The van der Waals surface area contributed by atoms with Gasteiger partial charge in [-0.05, 0) is 70.8 Å². The van der Waals surface area contributed by atoms with Gasteiger partial charge in [-0.15, -0.1) is 0 Å². The molecular weight excluding hydrogens is 1070 g/mol. The van der Waals surface area contributed by atoms with Crippen molar-refractivity contribution in [2.24, 2.45) is 34.0 Å². The van der Waals surface area contributed by atoms with Crippen LogP contribution in [0, 0.1) is 11.8 Å². The predicted molar refractivity (Wildman–Crippen MR) is 290 cm³/mol. The van der Waals surface area contributed by atoms with Crippen molar-refractivity contribution in [2.75, 3.05) is 38.2 Å². The molecule has 32 nitrogen and oxygen atoms in total. The number of guanidine groups is 1. The summed E-state index contributed by atoms with van der Waals surface area (Å²) in [5.74, 6) is -11.9. The number of carboxylic acid groups (broad SMARTS) is 1. The number of aromatic amines is 1. The molecule has 0 spiro atoms. The quantitative estimate of drug-likeness (QED) is 0.0169. The largest absolute Gasteiger partial charge is 0.480 e. The number of H-pyrrole nitrogens is 1. The maximum absolute atomic E-state index is 13.8. The third-order valence-electron chi connectivity index (χ3n) is 11.7. The van der Waals surface area contributed by atoms with Gasteiger partial charge in [0.05, 0.1) is 32.1 Å². The Kier molecular flexibility index (Phi) is 31.5. The van der Waals surface area contributed by atoms with Crippen molar-refractivity contribution in [3.8, 4) is 0 Å². The molecule has 0 aliphatic carbocycles. The molecule has 1 heterocycles. The second-order valence-corrected chi connectivity index (χ2v) is 20.2. The van der Waals surface area contributed by atoms with Crippen LogP contribution in [-0.2, 0) is 64.0 Å². The average Bonchev–Trinajstić information content (AvgIpc) is 3.91. The SMILES string of the molecule is CSCC[C@H](NC(=O)CNC(=O)CN)C(=O)N[C@H](C(=O)N[C@@H](CO)C(=O)N[C@@H](Cc1cnc[nH]1)C(=O)N[C@@H](C)C(=O)N[C@@H](C)C(=O)N[C@H](C(=O)N[C@H](C(=O)N[C@@H](C)C(=O)N[C@@H](CCCN=C(N)N)C(=O)O)C(C)C)C(C)C)[C@@H](C)O. The third-order valence-corrected chi connectivity index (χ3v) is 12.3. The molecule has 80 heavy (non-hydrogen) atoms. The first kappa shape index (κ1) is 70.4. The first-order valence-electron chi connectivity index (χ1n) is 25.5. The number of amides is 11. The average molecular weight is 1160 g/mol. The van der Waals surface area contributed by atoms with Gasteiger partial charge in [0.15, 0.2) is 5.96 Å². The number of carboxylic acids is 1. The predicted octanol–water partition coefficient (Wildman–Crippen LogP) is -7.49. The van der Waals surface area contributed by atoms with Gasteiger partial charge in [-0.2, -0.15) is 11.8 Å². The summed E-state index contributed by atoms with van der Waals surface area (Å²) in [4.78, 5) is 167. The standard InChI is InChI=1S/C47H81N17O15S/c1-21(2)34(43(75)57-24(6)38(70)59-29(46(78)79)11-10-13-52-47(49)50)63-44(76)35(22(3)4)62-39(71)25(7)55-37(69)23(5)56-41(73)30(15-27-17-51-20-54-27)60-42(74)31(19-65)61-45(77)36(26(8)66)64-40(72)28(12-14-80-9)58-33(68)18-53-32(67)16-48/h17,20-26,28-31,34-36,65-66H,10-16,18-19,48H2,1-9H3,(H,51,54)(H,53,67)(H,55,69)(H,56,73)(H,57,75)(H,58,68)(H,59,70)(H,60,74)(H,61,77)(H,62,71)(H,63,76)(H,64,72)(H,78,79)(H4,49,50,52)/t23-,24-,25-,26+,28-,29-,30-,31-,34-,35-,36-/m0/s1. The van der Waals surface area contributed by atoms with E-state index in [1.807, 2.05) is 0 Å². The lowest BCUT2D eigenvalue weighted by molar-refractivity contribution is -0.142. The maximum Gasteiger partial charge on any atom is 0.326 e. The van der Waals surface area contributed by atoms with Crippen LogP contribution in [0.4, 0.5) is 0 Å². The number of nitrogens with two attached hydrogens (primary N) is 3. The van der Waals surface area contributed by atoms with E-state index in [1.165, 1.54) is 45.1 Å². The Morgan fingerprint density at radius 3 is 1.56 bits per heavy atom. The van der Waals surface area contributed by atoms with E-state index in [2.05, 4.69) is 73.4 Å². The number of imidazole rings is 1. The first-order valence-corrected chi connectivity index (χ1v) is 26.9. The minimum atomic E-state index is -1.79. The number of nitrogens with zero attached hydrogens (tertiary/aromatic N) is 2. The number of rotatable bonds is 36. The molecule has 11 atom stereocenters. The second kappa shape index (κ2) is 35.8. The van der Waals surface area contributed by atoms with E-state index >= 15 is 0 Å². The van der Waals surface area contributed by atoms with Crippen molar-refractivity contribution in [3.05, 3.63) is 18.2 Å². The van der Waals surface area contributed by atoms with E-state index in [0.29, 0.717) is 11.4 Å². The molecule has 0 saturated heterocycles. The maximum atomic E-state index is 13.8. The van der Waals surface area contributed by atoms with Crippen molar-refractivity contribution >= 4 is 88.7 Å². The number of aliphatic hydroxyl groups excluding tert-OH is 2. The van der Waals surface area contributed by atoms with Crippen molar-refractivity contribution in [2.45, 2.75) is 148 Å². The summed E-state index contributed by atoms with van der Waals surface area (Å²) in [5, 5.41) is 56.8. The summed E-state index contributed by atoms with van der Waals surface area (Å²) in [6, 6.07) is -14.1. The molecule has 1 aromatic heterocycles. The molecule has 0 aromatic carbocycles. The summed E-state index contributed by atoms with van der Waals surface area (Å²) in [6.45, 7) is 9.63. The van der Waals surface area contributed by atoms with E-state index in [0.717, 1.165) is 6.92 Å². The summed E-state index contributed by atoms with van der Waals surface area (Å²) in [7, 11) is 0. The fraction of sp³-hybridized carbons (Fsp3) is 0.660. The molecule has 0 radical (unpaired) electrons. The minimum Gasteiger partial charge on any atom is -0.480 e. The second-order valence-electron chi connectivity index (χ2n) is 19.2. The van der Waals surface area contributed by atoms with Gasteiger partial charge in [0, 0.05) is 24.9 Å². The molecule has 0 saturated carbocycles. The van der Waals surface area contributed by atoms with Crippen LogP contribution in [0.3, 0.4) is 0 Å². The number of aliphatic hydroxyl groups is 2. The Morgan fingerprint density at radius 1 is 0.600 bits per heavy atom. The van der Waals surface area contributed by atoms with Gasteiger partial charge in [0.25, 0.3) is 0 Å². The Hall–Kier alpha value is -7.65. The van der Waals surface area contributed by atoms with Crippen LogP contribution in [0.1, 0.15) is 80.3 Å². The van der Waals surface area contributed by atoms with Gasteiger partial charge in [0.2, 0.25) is 65.0 Å². The van der Waals surface area contributed by atoms with Crippen molar-refractivity contribution < 1.29 is 72.9 Å². The minimum absolute atomic E-state index is 0.0200.